The highest BCUT2D eigenvalue weighted by molar-refractivity contribution is 6.22. The number of hydrogen-bond acceptors (Lipinski definition) is 6. The SMILES string of the molecule is COc1ccc(NC(=O)COC(=O)c2ccc(N3C(=O)[C@@H]4[C@H](C)C=CC[C@H]4C3=O)cc2)cc1. The third-order valence-electron chi connectivity index (χ3n) is 5.94. The molecule has 170 valence electrons. The van der Waals surface area contributed by atoms with Crippen LogP contribution in [-0.2, 0) is 19.1 Å². The Balaban J connectivity index is 1.35. The molecule has 2 aliphatic rings. The average molecular weight is 448 g/mol. The molecule has 3 amide bonds. The van der Waals surface area contributed by atoms with E-state index in [4.69, 9.17) is 9.47 Å². The molecule has 0 saturated carbocycles. The third-order valence-corrected chi connectivity index (χ3v) is 5.94. The lowest BCUT2D eigenvalue weighted by molar-refractivity contribution is -0.123. The van der Waals surface area contributed by atoms with Gasteiger partial charge in [0.05, 0.1) is 30.2 Å². The molecule has 33 heavy (non-hydrogen) atoms. The van der Waals surface area contributed by atoms with E-state index in [1.54, 1.807) is 43.5 Å². The Kier molecular flexibility index (Phi) is 6.26. The van der Waals surface area contributed by atoms with Crippen molar-refractivity contribution in [1.82, 2.24) is 0 Å². The highest BCUT2D eigenvalue weighted by atomic mass is 16.5. The Morgan fingerprint density at radius 3 is 2.36 bits per heavy atom. The van der Waals surface area contributed by atoms with Gasteiger partial charge in [0.25, 0.3) is 5.91 Å². The fourth-order valence-electron chi connectivity index (χ4n) is 4.23. The first-order valence-corrected chi connectivity index (χ1v) is 10.6. The fraction of sp³-hybridized carbons (Fsp3) is 0.280. The number of carbonyl (C=O) groups excluding carboxylic acids is 4. The fourth-order valence-corrected chi connectivity index (χ4v) is 4.23. The molecule has 1 heterocycles. The number of anilines is 2. The van der Waals surface area contributed by atoms with Crippen LogP contribution in [-0.4, -0.2) is 37.4 Å². The molecule has 8 nitrogen and oxygen atoms in total. The van der Waals surface area contributed by atoms with Gasteiger partial charge in [-0.05, 0) is 60.9 Å². The van der Waals surface area contributed by atoms with Crippen molar-refractivity contribution in [2.24, 2.45) is 17.8 Å². The van der Waals surface area contributed by atoms with Gasteiger partial charge >= 0.3 is 5.97 Å². The van der Waals surface area contributed by atoms with E-state index in [0.717, 1.165) is 0 Å². The molecule has 1 N–H and O–H groups in total. The van der Waals surface area contributed by atoms with Gasteiger partial charge in [0.15, 0.2) is 6.61 Å². The third kappa shape index (κ3) is 4.50. The Labute approximate surface area is 191 Å². The van der Waals surface area contributed by atoms with E-state index in [1.807, 2.05) is 19.1 Å². The molecule has 3 atom stereocenters. The summed E-state index contributed by atoms with van der Waals surface area (Å²) in [7, 11) is 1.55. The van der Waals surface area contributed by atoms with Gasteiger partial charge in [-0.1, -0.05) is 19.1 Å². The Hall–Kier alpha value is -3.94. The number of imide groups is 1. The van der Waals surface area contributed by atoms with Crippen molar-refractivity contribution in [2.45, 2.75) is 13.3 Å². The molecule has 0 spiro atoms. The number of hydrogen-bond donors (Lipinski definition) is 1. The molecule has 1 aliphatic carbocycles. The second-order valence-corrected chi connectivity index (χ2v) is 8.07. The summed E-state index contributed by atoms with van der Waals surface area (Å²) < 4.78 is 10.1. The number of ether oxygens (including phenoxy) is 2. The molecule has 1 fully saturated rings. The predicted octanol–water partition coefficient (Wildman–Crippen LogP) is 3.19. The van der Waals surface area contributed by atoms with Crippen molar-refractivity contribution in [2.75, 3.05) is 23.9 Å². The van der Waals surface area contributed by atoms with E-state index in [2.05, 4.69) is 5.32 Å². The lowest BCUT2D eigenvalue weighted by Crippen LogP contribution is -2.31. The summed E-state index contributed by atoms with van der Waals surface area (Å²) in [5.74, 6) is -1.63. The first-order chi connectivity index (χ1) is 15.9. The molecule has 8 heteroatoms. The number of esters is 1. The molecule has 0 bridgehead atoms. The smallest absolute Gasteiger partial charge is 0.338 e. The lowest BCUT2D eigenvalue weighted by atomic mass is 9.78. The number of fused-ring (bicyclic) bond motifs is 1. The van der Waals surface area contributed by atoms with Gasteiger partial charge in [0.2, 0.25) is 11.8 Å². The maximum Gasteiger partial charge on any atom is 0.338 e. The number of rotatable bonds is 6. The second-order valence-electron chi connectivity index (χ2n) is 8.07. The zero-order valence-electron chi connectivity index (χ0n) is 18.3. The lowest BCUT2D eigenvalue weighted by Gasteiger charge is -2.22. The number of nitrogens with zero attached hydrogens (tertiary/aromatic N) is 1. The zero-order chi connectivity index (χ0) is 23.5. The molecule has 1 aliphatic heterocycles. The Morgan fingerprint density at radius 2 is 1.73 bits per heavy atom. The van der Waals surface area contributed by atoms with Crippen molar-refractivity contribution in [3.63, 3.8) is 0 Å². The first kappa shape index (κ1) is 22.3. The molecule has 2 aromatic carbocycles. The van der Waals surface area contributed by atoms with E-state index in [0.29, 0.717) is 23.5 Å². The van der Waals surface area contributed by atoms with Gasteiger partial charge in [-0.25, -0.2) is 4.79 Å². The summed E-state index contributed by atoms with van der Waals surface area (Å²) >= 11 is 0. The number of methoxy groups -OCH3 is 1. The van der Waals surface area contributed by atoms with E-state index in [-0.39, 0.29) is 35.1 Å². The van der Waals surface area contributed by atoms with Crippen LogP contribution < -0.4 is 15.0 Å². The summed E-state index contributed by atoms with van der Waals surface area (Å²) in [6.45, 7) is 1.48. The number of benzene rings is 2. The zero-order valence-corrected chi connectivity index (χ0v) is 18.3. The van der Waals surface area contributed by atoms with Crippen LogP contribution in [0.15, 0.2) is 60.7 Å². The van der Waals surface area contributed by atoms with Crippen LogP contribution in [0, 0.1) is 17.8 Å². The maximum atomic E-state index is 12.9. The molecule has 0 aromatic heterocycles. The normalized spacial score (nSPS) is 21.5. The summed E-state index contributed by atoms with van der Waals surface area (Å²) in [5.41, 5.74) is 1.18. The largest absolute Gasteiger partial charge is 0.497 e. The van der Waals surface area contributed by atoms with Crippen LogP contribution in [0.2, 0.25) is 0 Å². The van der Waals surface area contributed by atoms with Crippen LogP contribution >= 0.6 is 0 Å². The standard InChI is InChI=1S/C25H24N2O6/c1-15-4-3-5-20-22(15)24(30)27(23(20)29)18-10-6-16(7-11-18)25(31)33-14-21(28)26-17-8-12-19(32-2)13-9-17/h3-4,6-13,15,20,22H,5,14H2,1-2H3,(H,26,28)/t15-,20-,22-/m1/s1. The molecular weight excluding hydrogens is 424 g/mol. The topological polar surface area (TPSA) is 102 Å². The molecule has 1 saturated heterocycles. The van der Waals surface area contributed by atoms with Crippen LogP contribution in [0.4, 0.5) is 11.4 Å². The van der Waals surface area contributed by atoms with E-state index in [1.165, 1.54) is 17.0 Å². The summed E-state index contributed by atoms with van der Waals surface area (Å²) in [5, 5.41) is 2.63. The quantitative estimate of drug-likeness (QED) is 0.414. The van der Waals surface area contributed by atoms with Gasteiger partial charge in [0, 0.05) is 5.69 Å². The van der Waals surface area contributed by atoms with Crippen molar-refractivity contribution in [1.29, 1.82) is 0 Å². The summed E-state index contributed by atoms with van der Waals surface area (Å²) in [4.78, 5) is 51.2. The molecule has 0 unspecified atom stereocenters. The van der Waals surface area contributed by atoms with Gasteiger partial charge in [-0.3, -0.25) is 19.3 Å². The summed E-state index contributed by atoms with van der Waals surface area (Å²) in [6.07, 6.45) is 4.48. The van der Waals surface area contributed by atoms with Crippen LogP contribution in [0.1, 0.15) is 23.7 Å². The maximum absolute atomic E-state index is 12.9. The first-order valence-electron chi connectivity index (χ1n) is 10.6. The number of allylic oxidation sites excluding steroid dienone is 2. The van der Waals surface area contributed by atoms with Crippen molar-refractivity contribution in [3.05, 3.63) is 66.2 Å². The van der Waals surface area contributed by atoms with Crippen LogP contribution in [0.25, 0.3) is 0 Å². The van der Waals surface area contributed by atoms with Crippen LogP contribution in [0.3, 0.4) is 0 Å². The van der Waals surface area contributed by atoms with Crippen molar-refractivity contribution >= 4 is 35.1 Å². The van der Waals surface area contributed by atoms with Gasteiger partial charge in [-0.15, -0.1) is 0 Å². The second kappa shape index (κ2) is 9.28. The number of carbonyl (C=O) groups is 4. The minimum atomic E-state index is -0.683. The van der Waals surface area contributed by atoms with E-state index >= 15 is 0 Å². The predicted molar refractivity (Wildman–Crippen MR) is 121 cm³/mol. The van der Waals surface area contributed by atoms with Gasteiger partial charge < -0.3 is 14.8 Å². The van der Waals surface area contributed by atoms with Crippen LogP contribution in [0.5, 0.6) is 5.75 Å². The minimum absolute atomic E-state index is 0.00325. The van der Waals surface area contributed by atoms with E-state index < -0.39 is 18.5 Å². The van der Waals surface area contributed by atoms with E-state index in [9.17, 15) is 19.2 Å². The number of amides is 3. The average Bonchev–Trinajstić information content (AvgIpc) is 3.09. The van der Waals surface area contributed by atoms with Crippen molar-refractivity contribution < 1.29 is 28.7 Å². The monoisotopic (exact) mass is 448 g/mol. The molecule has 2 aromatic rings. The molecule has 4 rings (SSSR count). The van der Waals surface area contributed by atoms with Gasteiger partial charge in [0.1, 0.15) is 5.75 Å². The minimum Gasteiger partial charge on any atom is -0.497 e. The number of nitrogens with one attached hydrogen (secondary N) is 1. The van der Waals surface area contributed by atoms with Crippen molar-refractivity contribution in [3.8, 4) is 5.75 Å². The Bertz CT molecular complexity index is 1110. The molecular formula is C25H24N2O6. The highest BCUT2D eigenvalue weighted by Gasteiger charge is 2.50. The summed E-state index contributed by atoms with van der Waals surface area (Å²) in [6, 6.07) is 12.8. The highest BCUT2D eigenvalue weighted by Crippen LogP contribution is 2.40. The Morgan fingerprint density at radius 1 is 1.03 bits per heavy atom. The molecule has 0 radical (unpaired) electrons. The van der Waals surface area contributed by atoms with Gasteiger partial charge in [-0.2, -0.15) is 0 Å².